The number of esters is 4. The normalized spacial score (nSPS) is 9.43. The predicted molar refractivity (Wildman–Crippen MR) is 377 cm³/mol. The van der Waals surface area contributed by atoms with Crippen molar-refractivity contribution in [3.63, 3.8) is 0 Å². The van der Waals surface area contributed by atoms with E-state index in [2.05, 4.69) is 138 Å². The zero-order valence-corrected chi connectivity index (χ0v) is 60.1. The molecular formula is C55H56BBr2N7O14S10. The third kappa shape index (κ3) is 32.1. The first-order valence-corrected chi connectivity index (χ1v) is 33.5. The first-order valence-electron chi connectivity index (χ1n) is 23.9. The van der Waals surface area contributed by atoms with E-state index in [0.29, 0.717) is 43.9 Å². The van der Waals surface area contributed by atoms with Gasteiger partial charge in [-0.3, -0.25) is 0 Å². The molecule has 0 aliphatic heterocycles. The van der Waals surface area contributed by atoms with Crippen molar-refractivity contribution in [3.8, 4) is 22.3 Å². The predicted octanol–water partition coefficient (Wildman–Crippen LogP) is 11.7. The second-order valence-corrected chi connectivity index (χ2v) is 25.1. The van der Waals surface area contributed by atoms with E-state index in [4.69, 9.17) is 44.0 Å². The van der Waals surface area contributed by atoms with Crippen molar-refractivity contribution in [1.82, 2.24) is 19.1 Å². The Balaban J connectivity index is 0. The number of hydrogen-bond acceptors (Lipinski definition) is 20. The number of carbonyl (C=O) groups excluding carboxylic acids is 6. The van der Waals surface area contributed by atoms with E-state index in [9.17, 15) is 28.8 Å². The Hall–Kier alpha value is -6.66. The largest absolute Gasteiger partial charge is 0.488 e. The van der Waals surface area contributed by atoms with Crippen LogP contribution in [-0.4, -0.2) is 112 Å². The molecule has 4 N–H and O–H groups in total. The fraction of sp³-hybridized carbons (Fsp3) is 0.218. The summed E-state index contributed by atoms with van der Waals surface area (Å²) in [7, 11) is 7.00. The van der Waals surface area contributed by atoms with Crippen LogP contribution in [0.2, 0.25) is 0 Å². The van der Waals surface area contributed by atoms with Crippen LogP contribution in [0, 0.1) is 19.7 Å². The number of carbonyl (C=O) groups is 6. The number of H-pyrrole nitrogens is 2. The molecule has 0 atom stereocenters. The number of benzene rings is 3. The maximum absolute atomic E-state index is 12.3. The molecule has 0 saturated carbocycles. The van der Waals surface area contributed by atoms with Crippen molar-refractivity contribution >= 4 is 205 Å². The van der Waals surface area contributed by atoms with Crippen molar-refractivity contribution in [1.29, 1.82) is 0 Å². The summed E-state index contributed by atoms with van der Waals surface area (Å²) in [4.78, 5) is 85.0. The van der Waals surface area contributed by atoms with Gasteiger partial charge in [0.15, 0.2) is 17.1 Å². The molecule has 472 valence electrons. The molecule has 0 spiro atoms. The van der Waals surface area contributed by atoms with Gasteiger partial charge in [-0.25, -0.2) is 52.4 Å². The second-order valence-electron chi connectivity index (χ2n) is 18.0. The minimum absolute atomic E-state index is 0. The van der Waals surface area contributed by atoms with Gasteiger partial charge in [0.2, 0.25) is 0 Å². The highest BCUT2D eigenvalue weighted by Crippen LogP contribution is 2.27. The standard InChI is InChI=1S/C18H18N2O4.C13H10N2O2.C11H14BrNO4.C7H6BNO2.C6H6BrNO2.S4.S3.S2.H2S/c1-18(2,3)24-17(22)20-11-13(10-15(20)16(21)23-5)12-6-8-14(19-4)9-7-12;1-14-11-5-3-9(4-6-11)10-7-12(15-8-10)13(16)17-2;1-11(2,3)17-10(15)13-6-7(12)5-8(13)9(14)16-4;1-9-7-4-2-6(3-5-7)8(10)11;1-10-6(9)5-2-4(7)3-8-5;1-3-4-2;1-3-2;1-2;/h6-11H,1-3,5H3;3-8,15H,2H3;5-6H,1-4H3;2-5,10-11H;2-3,8H,1H3;;;;1H2. The van der Waals surface area contributed by atoms with Gasteiger partial charge >= 0.3 is 43.2 Å². The summed E-state index contributed by atoms with van der Waals surface area (Å²) in [6.07, 6.45) is 5.11. The van der Waals surface area contributed by atoms with Crippen LogP contribution in [0.3, 0.4) is 0 Å². The van der Waals surface area contributed by atoms with E-state index < -0.39 is 48.4 Å². The van der Waals surface area contributed by atoms with Gasteiger partial charge in [-0.15, -0.1) is 0 Å². The van der Waals surface area contributed by atoms with E-state index in [1.54, 1.807) is 121 Å². The van der Waals surface area contributed by atoms with Gasteiger partial charge in [0.25, 0.3) is 0 Å². The molecule has 3 aromatic carbocycles. The molecule has 21 nitrogen and oxygen atoms in total. The summed E-state index contributed by atoms with van der Waals surface area (Å²) in [6, 6.07) is 26.6. The highest BCUT2D eigenvalue weighted by Gasteiger charge is 2.25. The van der Waals surface area contributed by atoms with E-state index in [1.807, 2.05) is 12.1 Å². The summed E-state index contributed by atoms with van der Waals surface area (Å²) in [5.41, 5.74) is 5.02. The lowest BCUT2D eigenvalue weighted by molar-refractivity contribution is 0.0482. The minimum atomic E-state index is -1.45. The number of nitrogens with zero attached hydrogens (tertiary/aromatic N) is 5. The minimum Gasteiger partial charge on any atom is -0.464 e. The summed E-state index contributed by atoms with van der Waals surface area (Å²) < 4.78 is 32.6. The van der Waals surface area contributed by atoms with Gasteiger partial charge in [0.1, 0.15) is 34.0 Å². The van der Waals surface area contributed by atoms with Crippen LogP contribution in [0.25, 0.3) is 36.8 Å². The first kappa shape index (κ1) is 84.4. The van der Waals surface area contributed by atoms with E-state index >= 15 is 0 Å². The third-order valence-electron chi connectivity index (χ3n) is 9.72. The number of aromatic nitrogens is 4. The third-order valence-corrected chi connectivity index (χ3v) is 12.8. The Morgan fingerprint density at radius 3 is 1.20 bits per heavy atom. The molecular weight excluding hydrogens is 1470 g/mol. The zero-order chi connectivity index (χ0) is 67.3. The van der Waals surface area contributed by atoms with E-state index in [1.165, 1.54) is 76.8 Å². The zero-order valence-electron chi connectivity index (χ0n) is 48.6. The fourth-order valence-corrected chi connectivity index (χ4v) is 6.83. The topological polar surface area (TPSA) is 253 Å². The number of aromatic amines is 2. The molecule has 4 heterocycles. The lowest BCUT2D eigenvalue weighted by atomic mass is 9.80. The Bertz CT molecular complexity index is 3690. The van der Waals surface area contributed by atoms with E-state index in [0.717, 1.165) is 39.2 Å². The van der Waals surface area contributed by atoms with Crippen molar-refractivity contribution in [2.75, 3.05) is 28.4 Å². The Kier molecular flexibility index (Phi) is 42.4. The van der Waals surface area contributed by atoms with Gasteiger partial charge in [-0.2, -0.15) is 13.5 Å². The van der Waals surface area contributed by atoms with Crippen molar-refractivity contribution < 1.29 is 67.2 Å². The molecule has 0 radical (unpaired) electrons. The molecule has 0 fully saturated rings. The van der Waals surface area contributed by atoms with Crippen LogP contribution in [-0.2, 0) is 122 Å². The molecule has 0 amide bonds. The molecule has 0 saturated heterocycles. The number of rotatable bonds is 7. The van der Waals surface area contributed by atoms with Crippen LogP contribution in [0.1, 0.15) is 83.5 Å². The quantitative estimate of drug-likeness (QED) is 0.0501. The lowest BCUT2D eigenvalue weighted by Crippen LogP contribution is -2.29. The lowest BCUT2D eigenvalue weighted by Gasteiger charge is -2.20. The monoisotopic (exact) mass is 1530 g/mol. The van der Waals surface area contributed by atoms with Crippen LogP contribution in [0.15, 0.2) is 131 Å². The number of nitrogens with one attached hydrogen (secondary N) is 2. The summed E-state index contributed by atoms with van der Waals surface area (Å²) in [5, 5.41) is 17.3. The van der Waals surface area contributed by atoms with Gasteiger partial charge < -0.3 is 48.4 Å². The van der Waals surface area contributed by atoms with Crippen LogP contribution in [0.4, 0.5) is 26.7 Å². The summed E-state index contributed by atoms with van der Waals surface area (Å²) in [5.74, 6) is -1.98. The molecule has 7 rings (SSSR count). The van der Waals surface area contributed by atoms with Gasteiger partial charge in [0, 0.05) is 133 Å². The molecule has 7 aromatic rings. The van der Waals surface area contributed by atoms with Crippen LogP contribution in [0.5, 0.6) is 0 Å². The highest BCUT2D eigenvalue weighted by atomic mass is 79.9. The molecule has 89 heavy (non-hydrogen) atoms. The van der Waals surface area contributed by atoms with Crippen LogP contribution < -0.4 is 5.46 Å². The summed E-state index contributed by atoms with van der Waals surface area (Å²) >= 11 is 30.6. The summed E-state index contributed by atoms with van der Waals surface area (Å²) in [6.45, 7) is 31.0. The highest BCUT2D eigenvalue weighted by molar-refractivity contribution is 9.10. The second kappa shape index (κ2) is 44.7. The van der Waals surface area contributed by atoms with Crippen LogP contribution >= 0.6 is 45.4 Å². The van der Waals surface area contributed by atoms with Crippen molar-refractivity contribution in [3.05, 3.63) is 188 Å². The van der Waals surface area contributed by atoms with Crippen molar-refractivity contribution in [2.24, 2.45) is 0 Å². The van der Waals surface area contributed by atoms with Gasteiger partial charge in [0.05, 0.1) is 48.2 Å². The molecule has 0 aliphatic carbocycles. The van der Waals surface area contributed by atoms with E-state index in [-0.39, 0.29) is 30.9 Å². The number of methoxy groups -OCH3 is 4. The molecule has 34 heteroatoms. The maximum Gasteiger partial charge on any atom is 0.488 e. The SMILES string of the molecule is COC(=O)c1cc(Br)c[nH]1.COC(=O)c1cc(Br)cn1C(=O)OC(C)(C)C.S.S=S.S=S=S.S=S=S=S.[C-]#[N+]c1ccc(-c2c[nH]c(C(=O)OC)c2)cc1.[C-]#[N+]c1ccc(-c2cc(C(=O)OC)n(C(=O)OC(C)(C)C)c2)cc1.[C-]#[N+]c1ccc(B(O)O)cc1. The first-order chi connectivity index (χ1) is 41.5. The Morgan fingerprint density at radius 1 is 0.517 bits per heavy atom. The fourth-order valence-electron chi connectivity index (χ4n) is 6.06. The van der Waals surface area contributed by atoms with Gasteiger partial charge in [-0.05, 0) is 120 Å². The smallest absolute Gasteiger partial charge is 0.464 e. The number of halogens is 2. The molecule has 0 unspecified atom stereocenters. The Labute approximate surface area is 577 Å². The number of ether oxygens (including phenoxy) is 6. The average molecular weight is 1530 g/mol. The molecule has 0 aliphatic rings. The average Bonchev–Trinajstić information content (AvgIpc) is 4.33. The van der Waals surface area contributed by atoms with Crippen molar-refractivity contribution in [2.45, 2.75) is 52.7 Å². The number of hydrogen-bond donors (Lipinski definition) is 4. The molecule has 4 aromatic heterocycles. The molecule has 0 bridgehead atoms. The van der Waals surface area contributed by atoms with Gasteiger partial charge in [-0.1, -0.05) is 72.8 Å². The maximum atomic E-state index is 12.3. The Morgan fingerprint density at radius 2 is 0.865 bits per heavy atom.